The summed E-state index contributed by atoms with van der Waals surface area (Å²) < 4.78 is 4.37. The smallest absolute Gasteiger partial charge is 0.409 e. The van der Waals surface area contributed by atoms with Crippen molar-refractivity contribution >= 4 is 6.09 Å². The zero-order valence-electron chi connectivity index (χ0n) is 5.68. The van der Waals surface area contributed by atoms with E-state index in [1.54, 1.807) is 0 Å². The zero-order valence-corrected chi connectivity index (χ0v) is 5.68. The molecule has 0 aliphatic heterocycles. The largest absolute Gasteiger partial charge is 0.419 e. The second kappa shape index (κ2) is 3.95. The third kappa shape index (κ3) is 4.87. The fraction of sp³-hybridized carbons (Fsp3) is 0.500. The highest BCUT2D eigenvalue weighted by molar-refractivity contribution is 5.65. The molecule has 0 atom stereocenters. The molecule has 0 saturated carbocycles. The zero-order chi connectivity index (χ0) is 7.28. The van der Waals surface area contributed by atoms with Crippen LogP contribution in [0.5, 0.6) is 0 Å². The predicted molar refractivity (Wildman–Crippen MR) is 34.7 cm³/mol. The van der Waals surface area contributed by atoms with Crippen molar-refractivity contribution in [1.82, 2.24) is 0 Å². The average Bonchev–Trinajstić information content (AvgIpc) is 1.83. The minimum atomic E-state index is -0.761. The maximum Gasteiger partial charge on any atom is 0.409 e. The Kier molecular flexibility index (Phi) is 3.51. The van der Waals surface area contributed by atoms with Crippen molar-refractivity contribution in [2.45, 2.75) is 20.3 Å². The Balaban J connectivity index is 3.56. The van der Waals surface area contributed by atoms with Gasteiger partial charge in [-0.2, -0.15) is 0 Å². The van der Waals surface area contributed by atoms with Crippen LogP contribution in [0.1, 0.15) is 20.3 Å². The molecule has 0 fully saturated rings. The van der Waals surface area contributed by atoms with Gasteiger partial charge in [0.25, 0.3) is 0 Å². The fourth-order valence-corrected chi connectivity index (χ4v) is 0.242. The second-order valence-electron chi connectivity index (χ2n) is 1.75. The summed E-state index contributed by atoms with van der Waals surface area (Å²) in [4.78, 5) is 9.98. The van der Waals surface area contributed by atoms with Crippen LogP contribution >= 0.6 is 0 Å². The van der Waals surface area contributed by atoms with E-state index in [2.05, 4.69) is 10.5 Å². The molecule has 0 aromatic rings. The number of amides is 1. The van der Waals surface area contributed by atoms with E-state index >= 15 is 0 Å². The van der Waals surface area contributed by atoms with Gasteiger partial charge in [-0.15, -0.1) is 0 Å². The van der Waals surface area contributed by atoms with E-state index in [0.29, 0.717) is 0 Å². The number of carbonyl (C=O) groups excluding carboxylic acids is 1. The summed E-state index contributed by atoms with van der Waals surface area (Å²) >= 11 is 0. The van der Waals surface area contributed by atoms with Crippen LogP contribution in [0.25, 0.3) is 0 Å². The highest BCUT2D eigenvalue weighted by Gasteiger charge is 1.87. The average molecular weight is 129 g/mol. The second-order valence-corrected chi connectivity index (χ2v) is 1.75. The van der Waals surface area contributed by atoms with Gasteiger partial charge in [0, 0.05) is 0 Å². The van der Waals surface area contributed by atoms with Gasteiger partial charge in [-0.3, -0.25) is 0 Å². The molecule has 0 aliphatic carbocycles. The Morgan fingerprint density at radius 3 is 2.67 bits per heavy atom. The maximum atomic E-state index is 9.98. The Morgan fingerprint density at radius 2 is 2.33 bits per heavy atom. The number of ether oxygens (including phenoxy) is 1. The van der Waals surface area contributed by atoms with E-state index in [1.807, 2.05) is 13.8 Å². The van der Waals surface area contributed by atoms with Crippen LogP contribution in [0, 0.1) is 0 Å². The maximum absolute atomic E-state index is 9.98. The highest BCUT2D eigenvalue weighted by atomic mass is 16.5. The van der Waals surface area contributed by atoms with Crippen LogP contribution in [0.15, 0.2) is 11.8 Å². The number of nitrogens with two attached hydrogens (primary N) is 1. The molecule has 0 saturated heterocycles. The van der Waals surface area contributed by atoms with Crippen molar-refractivity contribution in [3.05, 3.63) is 11.8 Å². The molecule has 0 aromatic carbocycles. The molecule has 0 radical (unpaired) electrons. The molecular formula is C6H11NO2. The molecule has 9 heavy (non-hydrogen) atoms. The first-order valence-electron chi connectivity index (χ1n) is 2.78. The van der Waals surface area contributed by atoms with Crippen LogP contribution in [-0.2, 0) is 4.74 Å². The SMILES string of the molecule is CCC(C)=COC(N)=O. The first-order chi connectivity index (χ1) is 4.16. The van der Waals surface area contributed by atoms with Crippen molar-refractivity contribution in [2.75, 3.05) is 0 Å². The van der Waals surface area contributed by atoms with Gasteiger partial charge >= 0.3 is 6.09 Å². The first kappa shape index (κ1) is 8.01. The molecule has 0 bridgehead atoms. The minimum Gasteiger partial charge on any atom is -0.419 e. The summed E-state index contributed by atoms with van der Waals surface area (Å²) in [5.74, 6) is 0. The van der Waals surface area contributed by atoms with Gasteiger partial charge in [0.2, 0.25) is 0 Å². The number of rotatable bonds is 2. The molecule has 1 amide bonds. The molecule has 3 heteroatoms. The van der Waals surface area contributed by atoms with Crippen molar-refractivity contribution in [3.8, 4) is 0 Å². The van der Waals surface area contributed by atoms with Crippen LogP contribution in [0.2, 0.25) is 0 Å². The van der Waals surface area contributed by atoms with E-state index in [9.17, 15) is 4.79 Å². The van der Waals surface area contributed by atoms with E-state index in [-0.39, 0.29) is 0 Å². The van der Waals surface area contributed by atoms with Crippen LogP contribution in [-0.4, -0.2) is 6.09 Å². The van der Waals surface area contributed by atoms with E-state index < -0.39 is 6.09 Å². The summed E-state index contributed by atoms with van der Waals surface area (Å²) in [5.41, 5.74) is 5.68. The molecule has 3 nitrogen and oxygen atoms in total. The summed E-state index contributed by atoms with van der Waals surface area (Å²) in [5, 5.41) is 0. The quantitative estimate of drug-likeness (QED) is 0.573. The number of carbonyl (C=O) groups is 1. The number of hydrogen-bond donors (Lipinski definition) is 1. The summed E-state index contributed by atoms with van der Waals surface area (Å²) in [6, 6.07) is 0. The molecule has 0 unspecified atom stereocenters. The van der Waals surface area contributed by atoms with Gasteiger partial charge in [-0.25, -0.2) is 4.79 Å². The Hall–Kier alpha value is -0.990. The summed E-state index contributed by atoms with van der Waals surface area (Å²) in [6.07, 6.45) is 1.47. The van der Waals surface area contributed by atoms with E-state index in [0.717, 1.165) is 12.0 Å². The highest BCUT2D eigenvalue weighted by Crippen LogP contribution is 1.96. The Bertz CT molecular complexity index is 129. The molecule has 52 valence electrons. The van der Waals surface area contributed by atoms with Gasteiger partial charge in [-0.05, 0) is 18.9 Å². The van der Waals surface area contributed by atoms with Crippen LogP contribution < -0.4 is 5.73 Å². The number of hydrogen-bond acceptors (Lipinski definition) is 2. The first-order valence-corrected chi connectivity index (χ1v) is 2.78. The third-order valence-corrected chi connectivity index (χ3v) is 0.934. The van der Waals surface area contributed by atoms with Gasteiger partial charge in [0.1, 0.15) is 0 Å². The normalized spacial score (nSPS) is 11.1. The van der Waals surface area contributed by atoms with Gasteiger partial charge in [0.15, 0.2) is 0 Å². The van der Waals surface area contributed by atoms with E-state index in [1.165, 1.54) is 6.26 Å². The van der Waals surface area contributed by atoms with E-state index in [4.69, 9.17) is 0 Å². The monoisotopic (exact) mass is 129 g/mol. The molecular weight excluding hydrogens is 118 g/mol. The van der Waals surface area contributed by atoms with Gasteiger partial charge in [0.05, 0.1) is 6.26 Å². The van der Waals surface area contributed by atoms with Crippen molar-refractivity contribution in [3.63, 3.8) is 0 Å². The predicted octanol–water partition coefficient (Wildman–Crippen LogP) is 1.40. The number of allylic oxidation sites excluding steroid dienone is 1. The lowest BCUT2D eigenvalue weighted by Gasteiger charge is -1.93. The summed E-state index contributed by atoms with van der Waals surface area (Å²) in [7, 11) is 0. The van der Waals surface area contributed by atoms with Crippen LogP contribution in [0.3, 0.4) is 0 Å². The molecule has 0 spiro atoms. The lowest BCUT2D eigenvalue weighted by molar-refractivity contribution is 0.195. The van der Waals surface area contributed by atoms with Crippen LogP contribution in [0.4, 0.5) is 4.79 Å². The third-order valence-electron chi connectivity index (χ3n) is 0.934. The van der Waals surface area contributed by atoms with Gasteiger partial charge < -0.3 is 10.5 Å². The fourth-order valence-electron chi connectivity index (χ4n) is 0.242. The number of primary amides is 1. The molecule has 0 heterocycles. The summed E-state index contributed by atoms with van der Waals surface area (Å²) in [6.45, 7) is 3.83. The standard InChI is InChI=1S/C6H11NO2/c1-3-5(2)4-9-6(7)8/h4H,3H2,1-2H3,(H2,7,8). The topological polar surface area (TPSA) is 52.3 Å². The minimum absolute atomic E-state index is 0.761. The Morgan fingerprint density at radius 1 is 1.78 bits per heavy atom. The van der Waals surface area contributed by atoms with Crippen molar-refractivity contribution < 1.29 is 9.53 Å². The Labute approximate surface area is 54.5 Å². The molecule has 0 rings (SSSR count). The molecule has 0 aliphatic rings. The lowest BCUT2D eigenvalue weighted by Crippen LogP contribution is -2.09. The molecule has 2 N–H and O–H groups in total. The lowest BCUT2D eigenvalue weighted by atomic mass is 10.3. The van der Waals surface area contributed by atoms with Gasteiger partial charge in [-0.1, -0.05) is 6.92 Å². The van der Waals surface area contributed by atoms with Crippen molar-refractivity contribution in [2.24, 2.45) is 5.73 Å². The molecule has 0 aromatic heterocycles. The van der Waals surface area contributed by atoms with Crippen molar-refractivity contribution in [1.29, 1.82) is 0 Å².